The second kappa shape index (κ2) is 4.33. The Morgan fingerprint density at radius 3 is 2.30 bits per heavy atom. The summed E-state index contributed by atoms with van der Waals surface area (Å²) < 4.78 is 62.3. The average molecular weight is 306 g/mol. The molecule has 20 heavy (non-hydrogen) atoms. The van der Waals surface area contributed by atoms with Crippen LogP contribution in [0.1, 0.15) is 31.4 Å². The molecule has 0 saturated heterocycles. The van der Waals surface area contributed by atoms with E-state index in [0.29, 0.717) is 6.07 Å². The summed E-state index contributed by atoms with van der Waals surface area (Å²) in [5, 5.41) is 9.69. The van der Waals surface area contributed by atoms with Crippen LogP contribution in [0.5, 0.6) is 0 Å². The highest BCUT2D eigenvalue weighted by atomic mass is 32.2. The van der Waals surface area contributed by atoms with Crippen LogP contribution in [0.4, 0.5) is 13.2 Å². The maximum absolute atomic E-state index is 12.6. The lowest BCUT2D eigenvalue weighted by Crippen LogP contribution is -2.21. The number of hydrogen-bond acceptors (Lipinski definition) is 3. The van der Waals surface area contributed by atoms with Crippen LogP contribution in [0, 0.1) is 0 Å². The van der Waals surface area contributed by atoms with E-state index in [1.807, 2.05) is 0 Å². The summed E-state index contributed by atoms with van der Waals surface area (Å²) in [5.74, 6) is 0. The molecule has 0 unspecified atom stereocenters. The first kappa shape index (κ1) is 15.1. The summed E-state index contributed by atoms with van der Waals surface area (Å²) in [6.07, 6.45) is -3.43. The number of hydrogen-bond donors (Lipinski definition) is 1. The van der Waals surface area contributed by atoms with Crippen LogP contribution in [0.15, 0.2) is 28.0 Å². The van der Waals surface area contributed by atoms with E-state index in [0.717, 1.165) is 12.1 Å². The van der Waals surface area contributed by atoms with E-state index in [1.54, 1.807) is 0 Å². The molecule has 0 aromatic heterocycles. The summed E-state index contributed by atoms with van der Waals surface area (Å²) >= 11 is 0. The molecule has 0 spiro atoms. The quantitative estimate of drug-likeness (QED) is 0.914. The number of rotatable bonds is 2. The predicted molar refractivity (Wildman–Crippen MR) is 67.5 cm³/mol. The minimum atomic E-state index is -4.59. The molecule has 1 N–H and O–H groups in total. The minimum absolute atomic E-state index is 0.0701. The lowest BCUT2D eigenvalue weighted by atomic mass is 10.0. The van der Waals surface area contributed by atoms with Crippen molar-refractivity contribution in [3.05, 3.63) is 34.2 Å². The highest BCUT2D eigenvalue weighted by molar-refractivity contribution is 7.95. The fourth-order valence-corrected chi connectivity index (χ4v) is 3.85. The van der Waals surface area contributed by atoms with Crippen molar-refractivity contribution in [2.24, 2.45) is 0 Å². The maximum Gasteiger partial charge on any atom is 0.416 e. The van der Waals surface area contributed by atoms with Crippen LogP contribution >= 0.6 is 0 Å². The fraction of sp³-hybridized carbons (Fsp3) is 0.385. The maximum atomic E-state index is 12.6. The molecule has 0 amide bonds. The van der Waals surface area contributed by atoms with E-state index in [9.17, 15) is 26.7 Å². The van der Waals surface area contributed by atoms with E-state index in [2.05, 4.69) is 0 Å². The van der Waals surface area contributed by atoms with Gasteiger partial charge in [-0.1, -0.05) is 6.07 Å². The molecule has 7 heteroatoms. The molecule has 1 aromatic rings. The molecule has 110 valence electrons. The zero-order valence-electron chi connectivity index (χ0n) is 10.8. The summed E-state index contributed by atoms with van der Waals surface area (Å²) in [5.41, 5.74) is -2.04. The molecule has 0 bridgehead atoms. The van der Waals surface area contributed by atoms with Gasteiger partial charge in [0.2, 0.25) is 9.84 Å². The van der Waals surface area contributed by atoms with Crippen LogP contribution < -0.4 is 0 Å². The Labute approximate surface area is 114 Å². The molecule has 0 fully saturated rings. The second-order valence-corrected chi connectivity index (χ2v) is 7.32. The van der Waals surface area contributed by atoms with Gasteiger partial charge in [-0.05, 0) is 37.6 Å². The average Bonchev–Trinajstić information content (AvgIpc) is 2.47. The molecule has 1 aromatic carbocycles. The van der Waals surface area contributed by atoms with E-state index < -0.39 is 27.2 Å². The Morgan fingerprint density at radius 2 is 1.80 bits per heavy atom. The van der Waals surface area contributed by atoms with Gasteiger partial charge in [0.25, 0.3) is 0 Å². The largest absolute Gasteiger partial charge is 0.416 e. The Morgan fingerprint density at radius 1 is 1.20 bits per heavy atom. The van der Waals surface area contributed by atoms with Crippen molar-refractivity contribution in [2.45, 2.75) is 36.9 Å². The lowest BCUT2D eigenvalue weighted by Gasteiger charge is -2.17. The van der Waals surface area contributed by atoms with Gasteiger partial charge in [0.05, 0.1) is 21.0 Å². The van der Waals surface area contributed by atoms with Gasteiger partial charge in [0.15, 0.2) is 0 Å². The summed E-state index contributed by atoms with van der Waals surface area (Å²) in [7, 11) is -3.96. The van der Waals surface area contributed by atoms with E-state index >= 15 is 0 Å². The molecule has 0 saturated carbocycles. The number of halogens is 3. The van der Waals surface area contributed by atoms with Crippen LogP contribution in [0.2, 0.25) is 0 Å². The molecule has 0 radical (unpaired) electrons. The van der Waals surface area contributed by atoms with Gasteiger partial charge in [0, 0.05) is 6.42 Å². The predicted octanol–water partition coefficient (Wildman–Crippen LogP) is 2.99. The smallest absolute Gasteiger partial charge is 0.390 e. The first-order valence-corrected chi connectivity index (χ1v) is 7.29. The number of sulfone groups is 1. The number of aliphatic hydroxyl groups is 1. The lowest BCUT2D eigenvalue weighted by molar-refractivity contribution is -0.137. The first-order valence-electron chi connectivity index (χ1n) is 5.80. The van der Waals surface area contributed by atoms with Crippen molar-refractivity contribution in [1.29, 1.82) is 0 Å². The third kappa shape index (κ3) is 2.73. The third-order valence-corrected chi connectivity index (χ3v) is 4.78. The summed E-state index contributed by atoms with van der Waals surface area (Å²) in [6.45, 7) is 2.88. The second-order valence-electron chi connectivity index (χ2n) is 5.35. The third-order valence-electron chi connectivity index (χ3n) is 2.90. The Kier molecular flexibility index (Phi) is 3.26. The molecule has 2 rings (SSSR count). The minimum Gasteiger partial charge on any atom is -0.390 e. The Hall–Kier alpha value is -1.34. The van der Waals surface area contributed by atoms with E-state index in [1.165, 1.54) is 19.9 Å². The van der Waals surface area contributed by atoms with Gasteiger partial charge in [0.1, 0.15) is 0 Å². The SMILES string of the molecule is CC(C)(O)CC1=Cc2ccc(C(F)(F)F)cc2S1(=O)=O. The highest BCUT2D eigenvalue weighted by Crippen LogP contribution is 2.40. The molecular formula is C13H13F3O3S. The molecular weight excluding hydrogens is 293 g/mol. The van der Waals surface area contributed by atoms with Crippen molar-refractivity contribution in [3.63, 3.8) is 0 Å². The van der Waals surface area contributed by atoms with Crippen LogP contribution in [0.25, 0.3) is 6.08 Å². The van der Waals surface area contributed by atoms with Crippen molar-refractivity contribution < 1.29 is 26.7 Å². The Bertz CT molecular complexity index is 680. The van der Waals surface area contributed by atoms with Gasteiger partial charge in [-0.3, -0.25) is 0 Å². The Balaban J connectivity index is 2.50. The standard InChI is InChI=1S/C13H13F3O3S/c1-12(2,17)7-10-5-8-3-4-9(13(14,15)16)6-11(8)20(10,18)19/h3-6,17H,7H2,1-2H3. The van der Waals surface area contributed by atoms with E-state index in [-0.39, 0.29) is 21.8 Å². The van der Waals surface area contributed by atoms with Gasteiger partial charge in [-0.25, -0.2) is 8.42 Å². The van der Waals surface area contributed by atoms with Crippen molar-refractivity contribution in [3.8, 4) is 0 Å². The first-order chi connectivity index (χ1) is 8.91. The monoisotopic (exact) mass is 306 g/mol. The number of fused-ring (bicyclic) bond motifs is 1. The highest BCUT2D eigenvalue weighted by Gasteiger charge is 2.37. The molecule has 1 heterocycles. The molecule has 1 aliphatic heterocycles. The van der Waals surface area contributed by atoms with Crippen LogP contribution in [0.3, 0.4) is 0 Å². The zero-order chi connectivity index (χ0) is 15.3. The van der Waals surface area contributed by atoms with Crippen LogP contribution in [-0.4, -0.2) is 19.1 Å². The molecule has 0 aliphatic carbocycles. The summed E-state index contributed by atoms with van der Waals surface area (Å²) in [4.78, 5) is -0.425. The summed E-state index contributed by atoms with van der Waals surface area (Å²) in [6, 6.07) is 2.61. The van der Waals surface area contributed by atoms with Gasteiger partial charge in [-0.2, -0.15) is 13.2 Å². The molecule has 3 nitrogen and oxygen atoms in total. The zero-order valence-corrected chi connectivity index (χ0v) is 11.6. The number of benzene rings is 1. The van der Waals surface area contributed by atoms with Crippen molar-refractivity contribution in [1.82, 2.24) is 0 Å². The normalized spacial score (nSPS) is 17.8. The molecule has 0 atom stereocenters. The number of alkyl halides is 3. The van der Waals surface area contributed by atoms with Gasteiger partial charge >= 0.3 is 6.18 Å². The fourth-order valence-electron chi connectivity index (χ4n) is 2.03. The van der Waals surface area contributed by atoms with Gasteiger partial charge in [-0.15, -0.1) is 0 Å². The van der Waals surface area contributed by atoms with Gasteiger partial charge < -0.3 is 5.11 Å². The van der Waals surface area contributed by atoms with Crippen LogP contribution in [-0.2, 0) is 16.0 Å². The topological polar surface area (TPSA) is 54.4 Å². The molecule has 1 aliphatic rings. The van der Waals surface area contributed by atoms with Crippen molar-refractivity contribution in [2.75, 3.05) is 0 Å². The van der Waals surface area contributed by atoms with E-state index in [4.69, 9.17) is 0 Å². The van der Waals surface area contributed by atoms with Crippen molar-refractivity contribution >= 4 is 15.9 Å².